The fraction of sp³-hybridized carbons (Fsp3) is 0.348. The van der Waals surface area contributed by atoms with Crippen molar-refractivity contribution in [2.24, 2.45) is 0 Å². The van der Waals surface area contributed by atoms with Crippen LogP contribution in [0.3, 0.4) is 0 Å². The van der Waals surface area contributed by atoms with Crippen molar-refractivity contribution in [2.75, 3.05) is 25.4 Å². The highest BCUT2D eigenvalue weighted by Crippen LogP contribution is 2.35. The molecule has 0 saturated carbocycles. The Kier molecular flexibility index (Phi) is 6.18. The Bertz CT molecular complexity index is 945. The molecule has 30 heavy (non-hydrogen) atoms. The second-order valence-electron chi connectivity index (χ2n) is 7.46. The molecule has 0 aliphatic carbocycles. The molecule has 1 unspecified atom stereocenters. The van der Waals surface area contributed by atoms with Crippen LogP contribution in [0.25, 0.3) is 0 Å². The van der Waals surface area contributed by atoms with Gasteiger partial charge in [0.25, 0.3) is 11.8 Å². The van der Waals surface area contributed by atoms with Crippen molar-refractivity contribution >= 4 is 29.5 Å². The van der Waals surface area contributed by atoms with Gasteiger partial charge in [-0.05, 0) is 31.0 Å². The molecule has 1 saturated heterocycles. The number of nitrogens with zero attached hydrogens (tertiary/aromatic N) is 2. The summed E-state index contributed by atoms with van der Waals surface area (Å²) in [6.45, 7) is 1.44. The van der Waals surface area contributed by atoms with E-state index in [4.69, 9.17) is 0 Å². The van der Waals surface area contributed by atoms with E-state index in [-0.39, 0.29) is 41.8 Å². The molecular weight excluding hydrogens is 403 g/mol. The molecule has 0 N–H and O–H groups in total. The maximum Gasteiger partial charge on any atom is 0.261 e. The maximum atomic E-state index is 14.1. The van der Waals surface area contributed by atoms with E-state index < -0.39 is 0 Å². The minimum Gasteiger partial charge on any atom is -0.342 e. The van der Waals surface area contributed by atoms with Gasteiger partial charge in [0.1, 0.15) is 5.82 Å². The van der Waals surface area contributed by atoms with Gasteiger partial charge in [0, 0.05) is 42.6 Å². The minimum atomic E-state index is -0.290. The van der Waals surface area contributed by atoms with Gasteiger partial charge in [-0.25, -0.2) is 4.39 Å². The monoisotopic (exact) mass is 426 g/mol. The number of hydrogen-bond acceptors (Lipinski definition) is 4. The van der Waals surface area contributed by atoms with Crippen LogP contribution >= 0.6 is 11.8 Å². The third kappa shape index (κ3) is 4.12. The molecule has 0 aromatic heterocycles. The zero-order valence-electron chi connectivity index (χ0n) is 16.6. The first kappa shape index (κ1) is 20.6. The van der Waals surface area contributed by atoms with Gasteiger partial charge in [0.2, 0.25) is 5.91 Å². The number of rotatable bonds is 5. The van der Waals surface area contributed by atoms with Crippen molar-refractivity contribution < 1.29 is 18.8 Å². The van der Waals surface area contributed by atoms with Gasteiger partial charge in [0.05, 0.1) is 11.1 Å². The van der Waals surface area contributed by atoms with Gasteiger partial charge in [-0.15, -0.1) is 0 Å². The molecule has 2 aromatic rings. The van der Waals surface area contributed by atoms with E-state index >= 15 is 0 Å². The van der Waals surface area contributed by atoms with Crippen LogP contribution in [0.5, 0.6) is 0 Å². The lowest BCUT2D eigenvalue weighted by Gasteiger charge is -2.21. The number of benzene rings is 2. The number of thioether (sulfide) groups is 1. The van der Waals surface area contributed by atoms with Crippen molar-refractivity contribution in [3.8, 4) is 0 Å². The number of carbonyl (C=O) groups is 3. The number of halogens is 1. The lowest BCUT2D eigenvalue weighted by molar-refractivity contribution is -0.131. The summed E-state index contributed by atoms with van der Waals surface area (Å²) in [5, 5.41) is 0.0438. The third-order valence-corrected chi connectivity index (χ3v) is 6.91. The van der Waals surface area contributed by atoms with Gasteiger partial charge in [0.15, 0.2) is 0 Å². The standard InChI is InChI=1S/C23H23FN2O3S/c24-19-9-4-3-8-18(19)20-11-13-25(14-15-30-20)21(27)10-5-12-26-22(28)16-6-1-2-7-17(16)23(26)29/h1-4,6-9,20H,5,10-15H2. The molecule has 0 radical (unpaired) electrons. The zero-order valence-corrected chi connectivity index (χ0v) is 17.4. The molecule has 2 aliphatic heterocycles. The Morgan fingerprint density at radius 3 is 2.37 bits per heavy atom. The van der Waals surface area contributed by atoms with Crippen LogP contribution in [-0.2, 0) is 4.79 Å². The highest BCUT2D eigenvalue weighted by atomic mass is 32.2. The highest BCUT2D eigenvalue weighted by Gasteiger charge is 2.34. The van der Waals surface area contributed by atoms with Gasteiger partial charge < -0.3 is 4.90 Å². The van der Waals surface area contributed by atoms with Crippen molar-refractivity contribution in [1.82, 2.24) is 9.80 Å². The minimum absolute atomic E-state index is 0.0152. The summed E-state index contributed by atoms with van der Waals surface area (Å²) in [6.07, 6.45) is 1.42. The summed E-state index contributed by atoms with van der Waals surface area (Å²) < 4.78 is 14.1. The van der Waals surface area contributed by atoms with Crippen LogP contribution in [0.4, 0.5) is 4.39 Å². The lowest BCUT2D eigenvalue weighted by atomic mass is 10.1. The summed E-state index contributed by atoms with van der Waals surface area (Å²) in [5.74, 6) is -0.00983. The summed E-state index contributed by atoms with van der Waals surface area (Å²) >= 11 is 1.68. The largest absolute Gasteiger partial charge is 0.342 e. The van der Waals surface area contributed by atoms with Gasteiger partial charge in [-0.1, -0.05) is 30.3 Å². The number of imide groups is 1. The molecule has 5 nitrogen and oxygen atoms in total. The van der Waals surface area contributed by atoms with E-state index in [2.05, 4.69) is 0 Å². The molecule has 0 spiro atoms. The van der Waals surface area contributed by atoms with Crippen molar-refractivity contribution in [2.45, 2.75) is 24.5 Å². The molecule has 7 heteroatoms. The van der Waals surface area contributed by atoms with Crippen LogP contribution in [0.2, 0.25) is 0 Å². The predicted molar refractivity (Wildman–Crippen MR) is 114 cm³/mol. The molecule has 3 amide bonds. The number of carbonyl (C=O) groups excluding carboxylic acids is 3. The molecular formula is C23H23FN2O3S. The van der Waals surface area contributed by atoms with E-state index in [9.17, 15) is 18.8 Å². The van der Waals surface area contributed by atoms with Gasteiger partial charge in [-0.3, -0.25) is 19.3 Å². The average molecular weight is 427 g/mol. The third-order valence-electron chi connectivity index (χ3n) is 5.60. The lowest BCUT2D eigenvalue weighted by Crippen LogP contribution is -2.35. The van der Waals surface area contributed by atoms with E-state index in [0.29, 0.717) is 42.6 Å². The van der Waals surface area contributed by atoms with E-state index in [1.807, 2.05) is 17.0 Å². The summed E-state index contributed by atoms with van der Waals surface area (Å²) in [7, 11) is 0. The second kappa shape index (κ2) is 9.00. The Morgan fingerprint density at radius 1 is 1.00 bits per heavy atom. The Labute approximate surface area is 179 Å². The smallest absolute Gasteiger partial charge is 0.261 e. The molecule has 2 aromatic carbocycles. The first-order valence-corrected chi connectivity index (χ1v) is 11.2. The summed E-state index contributed by atoms with van der Waals surface area (Å²) in [5.41, 5.74) is 1.55. The molecule has 1 fully saturated rings. The average Bonchev–Trinajstić information content (AvgIpc) is 2.92. The Hall–Kier alpha value is -2.67. The summed E-state index contributed by atoms with van der Waals surface area (Å²) in [6, 6.07) is 13.6. The number of amides is 3. The SMILES string of the molecule is O=C(CCCN1C(=O)c2ccccc2C1=O)N1CCSC(c2ccccc2F)CC1. The molecule has 156 valence electrons. The quantitative estimate of drug-likeness (QED) is 0.681. The molecule has 2 heterocycles. The molecule has 1 atom stereocenters. The second-order valence-corrected chi connectivity index (χ2v) is 8.77. The topological polar surface area (TPSA) is 57.7 Å². The summed E-state index contributed by atoms with van der Waals surface area (Å²) in [4.78, 5) is 40.5. The maximum absolute atomic E-state index is 14.1. The van der Waals surface area contributed by atoms with Crippen molar-refractivity contribution in [3.05, 3.63) is 71.0 Å². The number of hydrogen-bond donors (Lipinski definition) is 0. The van der Waals surface area contributed by atoms with E-state index in [1.54, 1.807) is 42.1 Å². The number of fused-ring (bicyclic) bond motifs is 1. The molecule has 4 rings (SSSR count). The fourth-order valence-corrected chi connectivity index (χ4v) is 5.25. The normalized spacial score (nSPS) is 19.0. The fourth-order valence-electron chi connectivity index (χ4n) is 3.99. The van der Waals surface area contributed by atoms with Crippen molar-refractivity contribution in [3.63, 3.8) is 0 Å². The molecule has 2 aliphatic rings. The zero-order chi connectivity index (χ0) is 21.1. The van der Waals surface area contributed by atoms with Crippen LogP contribution < -0.4 is 0 Å². The van der Waals surface area contributed by atoms with E-state index in [0.717, 1.165) is 5.75 Å². The molecule has 0 bridgehead atoms. The van der Waals surface area contributed by atoms with Crippen LogP contribution in [-0.4, -0.2) is 52.9 Å². The van der Waals surface area contributed by atoms with Gasteiger partial charge >= 0.3 is 0 Å². The van der Waals surface area contributed by atoms with Crippen LogP contribution in [0.1, 0.15) is 50.8 Å². The Morgan fingerprint density at radius 2 is 1.67 bits per heavy atom. The first-order valence-electron chi connectivity index (χ1n) is 10.2. The Balaban J connectivity index is 1.28. The first-order chi connectivity index (χ1) is 14.6. The highest BCUT2D eigenvalue weighted by molar-refractivity contribution is 7.99. The van der Waals surface area contributed by atoms with Crippen molar-refractivity contribution in [1.29, 1.82) is 0 Å². The predicted octanol–water partition coefficient (Wildman–Crippen LogP) is 3.91. The van der Waals surface area contributed by atoms with Gasteiger partial charge in [-0.2, -0.15) is 11.8 Å². The van der Waals surface area contributed by atoms with Crippen LogP contribution in [0, 0.1) is 5.82 Å². The van der Waals surface area contributed by atoms with E-state index in [1.165, 1.54) is 11.0 Å². The van der Waals surface area contributed by atoms with Crippen LogP contribution in [0.15, 0.2) is 48.5 Å².